The Balaban J connectivity index is 2.25. The van der Waals surface area contributed by atoms with Gasteiger partial charge >= 0.3 is 0 Å². The van der Waals surface area contributed by atoms with E-state index in [1.165, 1.54) is 18.4 Å². The minimum atomic E-state index is -0.0384. The molecule has 1 aromatic carbocycles. The van der Waals surface area contributed by atoms with Gasteiger partial charge in [0.1, 0.15) is 5.75 Å². The van der Waals surface area contributed by atoms with Crippen LogP contribution in [0, 0.1) is 0 Å². The van der Waals surface area contributed by atoms with Gasteiger partial charge in [0.15, 0.2) is 0 Å². The molecule has 0 bridgehead atoms. The summed E-state index contributed by atoms with van der Waals surface area (Å²) in [7, 11) is 3.59. The van der Waals surface area contributed by atoms with Crippen LogP contribution in [0.2, 0.25) is 0 Å². The number of halogens is 1. The molecule has 1 N–H and O–H groups in total. The lowest BCUT2D eigenvalue weighted by atomic mass is 9.87. The Morgan fingerprint density at radius 2 is 2.00 bits per heavy atom. The first kappa shape index (κ1) is 16.8. The SMILES string of the molecule is CCNC(Cc1cc(Br)ccc1OC)C1(OC)CCCC1. The predicted octanol–water partition coefficient (Wildman–Crippen LogP) is 3.94. The summed E-state index contributed by atoms with van der Waals surface area (Å²) in [5, 5.41) is 3.64. The normalized spacial score (nSPS) is 18.7. The lowest BCUT2D eigenvalue weighted by Crippen LogP contribution is -2.51. The molecular formula is C17H26BrNO2. The lowest BCUT2D eigenvalue weighted by Gasteiger charge is -2.37. The number of rotatable bonds is 7. The summed E-state index contributed by atoms with van der Waals surface area (Å²) in [5.41, 5.74) is 1.18. The van der Waals surface area contributed by atoms with E-state index in [9.17, 15) is 0 Å². The lowest BCUT2D eigenvalue weighted by molar-refractivity contribution is -0.0352. The first-order valence-corrected chi connectivity index (χ1v) is 8.55. The number of benzene rings is 1. The second-order valence-corrected chi connectivity index (χ2v) is 6.66. The van der Waals surface area contributed by atoms with E-state index in [1.807, 2.05) is 19.2 Å². The van der Waals surface area contributed by atoms with Crippen molar-refractivity contribution in [2.45, 2.75) is 50.7 Å². The molecule has 1 saturated carbocycles. The van der Waals surface area contributed by atoms with Gasteiger partial charge in [-0.25, -0.2) is 0 Å². The zero-order chi connectivity index (χ0) is 15.3. The number of nitrogens with one attached hydrogen (secondary N) is 1. The van der Waals surface area contributed by atoms with Gasteiger partial charge in [-0.1, -0.05) is 35.7 Å². The Bertz CT molecular complexity index is 458. The first-order valence-electron chi connectivity index (χ1n) is 7.76. The summed E-state index contributed by atoms with van der Waals surface area (Å²) in [4.78, 5) is 0. The molecule has 4 heteroatoms. The van der Waals surface area contributed by atoms with E-state index in [-0.39, 0.29) is 5.60 Å². The molecule has 0 heterocycles. The molecular weight excluding hydrogens is 330 g/mol. The van der Waals surface area contributed by atoms with Gasteiger partial charge in [0, 0.05) is 17.6 Å². The molecule has 0 spiro atoms. The molecule has 1 atom stereocenters. The summed E-state index contributed by atoms with van der Waals surface area (Å²) < 4.78 is 12.6. The van der Waals surface area contributed by atoms with Crippen LogP contribution in [0.4, 0.5) is 0 Å². The van der Waals surface area contributed by atoms with E-state index in [1.54, 1.807) is 7.11 Å². The average molecular weight is 356 g/mol. The van der Waals surface area contributed by atoms with E-state index >= 15 is 0 Å². The fraction of sp³-hybridized carbons (Fsp3) is 0.647. The van der Waals surface area contributed by atoms with Crippen molar-refractivity contribution >= 4 is 15.9 Å². The van der Waals surface area contributed by atoms with Crippen molar-refractivity contribution < 1.29 is 9.47 Å². The topological polar surface area (TPSA) is 30.5 Å². The molecule has 1 aliphatic rings. The molecule has 3 nitrogen and oxygen atoms in total. The highest BCUT2D eigenvalue weighted by Crippen LogP contribution is 2.38. The van der Waals surface area contributed by atoms with Crippen molar-refractivity contribution in [3.63, 3.8) is 0 Å². The first-order chi connectivity index (χ1) is 10.1. The number of hydrogen-bond acceptors (Lipinski definition) is 3. The molecule has 0 amide bonds. The molecule has 1 unspecified atom stereocenters. The van der Waals surface area contributed by atoms with Crippen LogP contribution < -0.4 is 10.1 Å². The zero-order valence-corrected chi connectivity index (χ0v) is 14.8. The third-order valence-electron chi connectivity index (χ3n) is 4.61. The standard InChI is InChI=1S/C17H26BrNO2/c1-4-19-16(17(21-3)9-5-6-10-17)12-13-11-14(18)7-8-15(13)20-2/h7-8,11,16,19H,4-6,9-10,12H2,1-3H3. The molecule has 0 radical (unpaired) electrons. The van der Waals surface area contributed by atoms with Crippen molar-refractivity contribution in [1.82, 2.24) is 5.32 Å². The number of methoxy groups -OCH3 is 2. The van der Waals surface area contributed by atoms with Gasteiger partial charge in [0.2, 0.25) is 0 Å². The van der Waals surface area contributed by atoms with Crippen LogP contribution in [-0.4, -0.2) is 32.4 Å². The van der Waals surface area contributed by atoms with Crippen LogP contribution in [0.1, 0.15) is 38.2 Å². The molecule has 2 rings (SSSR count). The molecule has 0 saturated heterocycles. The smallest absolute Gasteiger partial charge is 0.122 e. The number of ether oxygens (including phenoxy) is 2. The van der Waals surface area contributed by atoms with Crippen molar-refractivity contribution in [1.29, 1.82) is 0 Å². The van der Waals surface area contributed by atoms with Crippen molar-refractivity contribution in [3.05, 3.63) is 28.2 Å². The third kappa shape index (κ3) is 3.79. The number of hydrogen-bond donors (Lipinski definition) is 1. The second-order valence-electron chi connectivity index (χ2n) is 5.75. The number of likely N-dealkylation sites (N-methyl/N-ethyl adjacent to an activating group) is 1. The largest absolute Gasteiger partial charge is 0.496 e. The van der Waals surface area contributed by atoms with E-state index in [2.05, 4.69) is 34.2 Å². The maximum Gasteiger partial charge on any atom is 0.122 e. The Kier molecular flexibility index (Phi) is 6.08. The average Bonchev–Trinajstić information content (AvgIpc) is 2.97. The van der Waals surface area contributed by atoms with Crippen LogP contribution >= 0.6 is 15.9 Å². The maximum atomic E-state index is 5.97. The molecule has 0 aliphatic heterocycles. The van der Waals surface area contributed by atoms with Gasteiger partial charge in [0.05, 0.1) is 12.7 Å². The van der Waals surface area contributed by atoms with Crippen LogP contribution in [0.5, 0.6) is 5.75 Å². The summed E-state index contributed by atoms with van der Waals surface area (Å²) >= 11 is 3.56. The minimum absolute atomic E-state index is 0.0384. The van der Waals surface area contributed by atoms with Crippen LogP contribution in [0.3, 0.4) is 0 Å². The highest BCUT2D eigenvalue weighted by atomic mass is 79.9. The van der Waals surface area contributed by atoms with Gasteiger partial charge in [-0.3, -0.25) is 0 Å². The van der Waals surface area contributed by atoms with Crippen molar-refractivity contribution in [3.8, 4) is 5.75 Å². The summed E-state index contributed by atoms with van der Waals surface area (Å²) in [6, 6.07) is 6.52. The molecule has 1 aromatic rings. The monoisotopic (exact) mass is 355 g/mol. The van der Waals surface area contributed by atoms with E-state index in [0.717, 1.165) is 36.0 Å². The van der Waals surface area contributed by atoms with Crippen LogP contribution in [0.15, 0.2) is 22.7 Å². The molecule has 0 aromatic heterocycles. The van der Waals surface area contributed by atoms with Gasteiger partial charge in [-0.2, -0.15) is 0 Å². The van der Waals surface area contributed by atoms with Crippen molar-refractivity contribution in [2.75, 3.05) is 20.8 Å². The third-order valence-corrected chi connectivity index (χ3v) is 5.10. The van der Waals surface area contributed by atoms with Crippen LogP contribution in [-0.2, 0) is 11.2 Å². The minimum Gasteiger partial charge on any atom is -0.496 e. The van der Waals surface area contributed by atoms with Gasteiger partial charge in [-0.15, -0.1) is 0 Å². The fourth-order valence-corrected chi connectivity index (χ4v) is 3.89. The molecule has 1 fully saturated rings. The quantitative estimate of drug-likeness (QED) is 0.803. The Morgan fingerprint density at radius 1 is 1.29 bits per heavy atom. The van der Waals surface area contributed by atoms with Crippen molar-refractivity contribution in [2.24, 2.45) is 0 Å². The van der Waals surface area contributed by atoms with Crippen LogP contribution in [0.25, 0.3) is 0 Å². The van der Waals surface area contributed by atoms with Gasteiger partial charge < -0.3 is 14.8 Å². The molecule has 1 aliphatic carbocycles. The zero-order valence-electron chi connectivity index (χ0n) is 13.2. The predicted molar refractivity (Wildman–Crippen MR) is 90.1 cm³/mol. The summed E-state index contributed by atoms with van der Waals surface area (Å²) in [6.07, 6.45) is 5.70. The molecule has 21 heavy (non-hydrogen) atoms. The van der Waals surface area contributed by atoms with E-state index < -0.39 is 0 Å². The fourth-order valence-electron chi connectivity index (χ4n) is 3.49. The summed E-state index contributed by atoms with van der Waals surface area (Å²) in [5.74, 6) is 0.949. The Hall–Kier alpha value is -0.580. The second kappa shape index (κ2) is 7.61. The Morgan fingerprint density at radius 3 is 2.57 bits per heavy atom. The maximum absolute atomic E-state index is 5.97. The molecule has 118 valence electrons. The van der Waals surface area contributed by atoms with Gasteiger partial charge in [-0.05, 0) is 49.6 Å². The van der Waals surface area contributed by atoms with Gasteiger partial charge in [0.25, 0.3) is 0 Å². The Labute approximate surface area is 136 Å². The summed E-state index contributed by atoms with van der Waals surface area (Å²) in [6.45, 7) is 3.11. The van der Waals surface area contributed by atoms with E-state index in [0.29, 0.717) is 6.04 Å². The van der Waals surface area contributed by atoms with E-state index in [4.69, 9.17) is 9.47 Å². The highest BCUT2D eigenvalue weighted by molar-refractivity contribution is 9.10. The highest BCUT2D eigenvalue weighted by Gasteiger charge is 2.41.